The lowest BCUT2D eigenvalue weighted by Crippen LogP contribution is -2.48. The van der Waals surface area contributed by atoms with Crippen LogP contribution in [-0.4, -0.2) is 31.3 Å². The summed E-state index contributed by atoms with van der Waals surface area (Å²) in [5, 5.41) is 9.64. The Kier molecular flexibility index (Phi) is 8.79. The highest BCUT2D eigenvalue weighted by Gasteiger charge is 2.39. The van der Waals surface area contributed by atoms with E-state index in [1.807, 2.05) is 115 Å². The summed E-state index contributed by atoms with van der Waals surface area (Å²) in [6.07, 6.45) is 0. The highest BCUT2D eigenvalue weighted by atomic mass is 32.2. The molecule has 0 bridgehead atoms. The van der Waals surface area contributed by atoms with Crippen LogP contribution in [0.2, 0.25) is 0 Å². The second kappa shape index (κ2) is 12.9. The van der Waals surface area contributed by atoms with E-state index >= 15 is 0 Å². The lowest BCUT2D eigenvalue weighted by Gasteiger charge is -2.36. The summed E-state index contributed by atoms with van der Waals surface area (Å²) in [5.41, 5.74) is 4.53. The summed E-state index contributed by atoms with van der Waals surface area (Å²) in [5.74, 6) is 0.384. The molecule has 7 nitrogen and oxygen atoms in total. The Bertz CT molecular complexity index is 1780. The van der Waals surface area contributed by atoms with Crippen LogP contribution in [0.15, 0.2) is 148 Å². The van der Waals surface area contributed by atoms with Crippen LogP contribution in [0.3, 0.4) is 0 Å². The molecule has 6 rings (SSSR count). The summed E-state index contributed by atoms with van der Waals surface area (Å²) in [7, 11) is -4.19. The standard InChI is InChI=1S/C34H28N2O5S3/c37-33(35-38)28(36-44(39,40)27-20-21-30-32(22-27)43-31-19-11-10-18-29(31)41-30)23-42-34(24-12-4-1-5-13-24,25-14-6-2-7-15-25)26-16-8-3-9-17-26/h1-22,28,36,38H,23H2,(H,35,37). The predicted molar refractivity (Wildman–Crippen MR) is 173 cm³/mol. The molecular formula is C34H28N2O5S3. The Labute approximate surface area is 264 Å². The molecule has 1 aliphatic rings. The fourth-order valence-electron chi connectivity index (χ4n) is 5.15. The Morgan fingerprint density at radius 3 is 1.84 bits per heavy atom. The van der Waals surface area contributed by atoms with Crippen molar-refractivity contribution in [2.45, 2.75) is 25.5 Å². The van der Waals surface area contributed by atoms with Gasteiger partial charge in [-0.15, -0.1) is 11.8 Å². The van der Waals surface area contributed by atoms with E-state index in [1.165, 1.54) is 35.7 Å². The number of ether oxygens (including phenoxy) is 1. The van der Waals surface area contributed by atoms with Gasteiger partial charge >= 0.3 is 0 Å². The number of carbonyl (C=O) groups excluding carboxylic acids is 1. The molecule has 0 fully saturated rings. The van der Waals surface area contributed by atoms with Crippen LogP contribution in [0.1, 0.15) is 16.7 Å². The largest absolute Gasteiger partial charge is 0.455 e. The van der Waals surface area contributed by atoms with Crippen LogP contribution in [-0.2, 0) is 19.6 Å². The molecule has 0 aliphatic carbocycles. The van der Waals surface area contributed by atoms with Gasteiger partial charge in [-0.2, -0.15) is 4.72 Å². The second-order valence-corrected chi connectivity index (χ2v) is 14.0. The van der Waals surface area contributed by atoms with Crippen molar-refractivity contribution >= 4 is 39.5 Å². The van der Waals surface area contributed by atoms with Gasteiger partial charge in [0, 0.05) is 5.75 Å². The van der Waals surface area contributed by atoms with E-state index in [4.69, 9.17) is 4.74 Å². The minimum absolute atomic E-state index is 0.000480. The number of sulfonamides is 1. The van der Waals surface area contributed by atoms with E-state index in [-0.39, 0.29) is 10.6 Å². The molecular weight excluding hydrogens is 613 g/mol. The zero-order chi connectivity index (χ0) is 30.6. The minimum atomic E-state index is -4.19. The lowest BCUT2D eigenvalue weighted by molar-refractivity contribution is -0.130. The van der Waals surface area contributed by atoms with E-state index in [9.17, 15) is 18.4 Å². The van der Waals surface area contributed by atoms with E-state index < -0.39 is 26.7 Å². The normalized spacial score (nSPS) is 13.2. The molecule has 5 aromatic carbocycles. The highest BCUT2D eigenvalue weighted by Crippen LogP contribution is 2.49. The van der Waals surface area contributed by atoms with Crippen molar-refractivity contribution in [1.82, 2.24) is 10.2 Å². The SMILES string of the molecule is O=C(NO)C(CSC(c1ccccc1)(c1ccccc1)c1ccccc1)NS(=O)(=O)c1ccc2c(c1)Sc1ccccc1O2. The average Bonchev–Trinajstić information content (AvgIpc) is 3.07. The van der Waals surface area contributed by atoms with Gasteiger partial charge in [0.2, 0.25) is 10.0 Å². The third kappa shape index (κ3) is 5.99. The maximum atomic E-state index is 13.7. The number of rotatable bonds is 10. The smallest absolute Gasteiger partial charge is 0.262 e. The number of hydrogen-bond acceptors (Lipinski definition) is 7. The van der Waals surface area contributed by atoms with Gasteiger partial charge in [0.25, 0.3) is 5.91 Å². The molecule has 1 heterocycles. The zero-order valence-corrected chi connectivity index (χ0v) is 25.7. The third-order valence-corrected chi connectivity index (χ3v) is 11.5. The van der Waals surface area contributed by atoms with Crippen molar-refractivity contribution in [3.63, 3.8) is 0 Å². The first-order valence-corrected chi connectivity index (χ1v) is 17.0. The zero-order valence-electron chi connectivity index (χ0n) is 23.3. The van der Waals surface area contributed by atoms with Crippen molar-refractivity contribution in [2.24, 2.45) is 0 Å². The van der Waals surface area contributed by atoms with Gasteiger partial charge in [-0.3, -0.25) is 10.0 Å². The number of benzene rings is 5. The maximum Gasteiger partial charge on any atom is 0.262 e. The molecule has 0 spiro atoms. The highest BCUT2D eigenvalue weighted by molar-refractivity contribution is 8.00. The van der Waals surface area contributed by atoms with Crippen molar-refractivity contribution in [2.75, 3.05) is 5.75 Å². The van der Waals surface area contributed by atoms with Crippen molar-refractivity contribution < 1.29 is 23.2 Å². The number of fused-ring (bicyclic) bond motifs is 2. The molecule has 3 N–H and O–H groups in total. The molecule has 44 heavy (non-hydrogen) atoms. The van der Waals surface area contributed by atoms with Crippen molar-refractivity contribution in [1.29, 1.82) is 0 Å². The van der Waals surface area contributed by atoms with Gasteiger partial charge in [0.1, 0.15) is 17.5 Å². The van der Waals surface area contributed by atoms with Crippen LogP contribution in [0, 0.1) is 0 Å². The third-order valence-electron chi connectivity index (χ3n) is 7.25. The molecule has 10 heteroatoms. The number of carbonyl (C=O) groups is 1. The number of thioether (sulfide) groups is 1. The van der Waals surface area contributed by atoms with Gasteiger partial charge in [0.15, 0.2) is 0 Å². The lowest BCUT2D eigenvalue weighted by atomic mass is 9.84. The number of amides is 1. The number of para-hydroxylation sites is 1. The molecule has 1 amide bonds. The summed E-state index contributed by atoms with van der Waals surface area (Å²) in [4.78, 5) is 14.5. The Hall–Kier alpha value is -4.06. The van der Waals surface area contributed by atoms with Gasteiger partial charge < -0.3 is 4.74 Å². The first-order valence-electron chi connectivity index (χ1n) is 13.8. The summed E-state index contributed by atoms with van der Waals surface area (Å²) in [6.45, 7) is 0. The minimum Gasteiger partial charge on any atom is -0.455 e. The number of hydroxylamine groups is 1. The fraction of sp³-hybridized carbons (Fsp3) is 0.0882. The topological polar surface area (TPSA) is 105 Å². The number of nitrogens with one attached hydrogen (secondary N) is 2. The molecule has 0 saturated carbocycles. The second-order valence-electron chi connectivity index (χ2n) is 10.00. The van der Waals surface area contributed by atoms with Gasteiger partial charge in [-0.05, 0) is 47.0 Å². The van der Waals surface area contributed by atoms with Gasteiger partial charge in [0.05, 0.1) is 19.4 Å². The van der Waals surface area contributed by atoms with Crippen molar-refractivity contribution in [3.05, 3.63) is 150 Å². The quantitative estimate of drug-likeness (QED) is 0.0858. The van der Waals surface area contributed by atoms with Gasteiger partial charge in [-0.1, -0.05) is 115 Å². The van der Waals surface area contributed by atoms with Crippen molar-refractivity contribution in [3.8, 4) is 11.5 Å². The van der Waals surface area contributed by atoms with E-state index in [2.05, 4.69) is 4.72 Å². The Morgan fingerprint density at radius 1 is 0.750 bits per heavy atom. The Morgan fingerprint density at radius 2 is 1.27 bits per heavy atom. The molecule has 0 saturated heterocycles. The van der Waals surface area contributed by atoms with E-state index in [1.54, 1.807) is 11.5 Å². The monoisotopic (exact) mass is 640 g/mol. The van der Waals surface area contributed by atoms with E-state index in [0.29, 0.717) is 16.4 Å². The molecule has 1 atom stereocenters. The molecule has 1 unspecified atom stereocenters. The van der Waals surface area contributed by atoms with Crippen LogP contribution in [0.5, 0.6) is 11.5 Å². The van der Waals surface area contributed by atoms with Gasteiger partial charge in [-0.25, -0.2) is 13.9 Å². The van der Waals surface area contributed by atoms with Crippen LogP contribution in [0.25, 0.3) is 0 Å². The number of hydrogen-bond donors (Lipinski definition) is 3. The molecule has 0 aromatic heterocycles. The summed E-state index contributed by atoms with van der Waals surface area (Å²) >= 11 is 2.82. The average molecular weight is 641 g/mol. The molecule has 0 radical (unpaired) electrons. The first kappa shape index (κ1) is 30.0. The summed E-state index contributed by atoms with van der Waals surface area (Å²) < 4.78 is 35.1. The fourth-order valence-corrected chi connectivity index (χ4v) is 9.10. The first-order chi connectivity index (χ1) is 21.4. The van der Waals surface area contributed by atoms with Crippen LogP contribution in [0.4, 0.5) is 0 Å². The maximum absolute atomic E-state index is 13.7. The summed E-state index contributed by atoms with van der Waals surface area (Å²) in [6, 6.07) is 40.4. The Balaban J connectivity index is 1.34. The van der Waals surface area contributed by atoms with Crippen LogP contribution >= 0.6 is 23.5 Å². The molecule has 5 aromatic rings. The predicted octanol–water partition coefficient (Wildman–Crippen LogP) is 6.82. The molecule has 222 valence electrons. The molecule has 1 aliphatic heterocycles. The van der Waals surface area contributed by atoms with E-state index in [0.717, 1.165) is 21.6 Å². The van der Waals surface area contributed by atoms with Crippen LogP contribution < -0.4 is 14.9 Å².